The number of benzene rings is 2. The molecule has 0 bridgehead atoms. The fourth-order valence-corrected chi connectivity index (χ4v) is 2.71. The van der Waals surface area contributed by atoms with Crippen molar-refractivity contribution in [3.05, 3.63) is 69.8 Å². The van der Waals surface area contributed by atoms with Gasteiger partial charge in [-0.25, -0.2) is 0 Å². The molecule has 5 heteroatoms. The predicted molar refractivity (Wildman–Crippen MR) is 81.1 cm³/mol. The molecule has 0 aliphatic heterocycles. The zero-order chi connectivity index (χ0) is 14.4. The second kappa shape index (κ2) is 6.96. The normalized spacial score (nSPS) is 10.2. The number of rotatable bonds is 6. The minimum absolute atomic E-state index is 0.146. The van der Waals surface area contributed by atoms with E-state index in [0.29, 0.717) is 0 Å². The smallest absolute Gasteiger partial charge is 0.269 e. The Morgan fingerprint density at radius 1 is 1.10 bits per heavy atom. The molecule has 2 aromatic carbocycles. The van der Waals surface area contributed by atoms with Gasteiger partial charge in [-0.2, -0.15) is 11.8 Å². The van der Waals surface area contributed by atoms with Gasteiger partial charge in [-0.05, 0) is 23.3 Å². The molecule has 0 unspecified atom stereocenters. The molecule has 0 aliphatic rings. The minimum Gasteiger partial charge on any atom is -0.497 e. The molecule has 2 rings (SSSR count). The van der Waals surface area contributed by atoms with E-state index in [4.69, 9.17) is 4.74 Å². The maximum Gasteiger partial charge on any atom is 0.269 e. The van der Waals surface area contributed by atoms with Crippen molar-refractivity contribution in [2.24, 2.45) is 0 Å². The highest BCUT2D eigenvalue weighted by Crippen LogP contribution is 2.22. The van der Waals surface area contributed by atoms with Gasteiger partial charge in [-0.1, -0.05) is 24.3 Å². The molecule has 4 nitrogen and oxygen atoms in total. The number of nitrogens with zero attached hydrogens (tertiary/aromatic N) is 1. The summed E-state index contributed by atoms with van der Waals surface area (Å²) in [5, 5.41) is 10.7. The summed E-state index contributed by atoms with van der Waals surface area (Å²) < 4.78 is 5.11. The molecule has 20 heavy (non-hydrogen) atoms. The van der Waals surface area contributed by atoms with Crippen LogP contribution in [0, 0.1) is 10.1 Å². The topological polar surface area (TPSA) is 52.4 Å². The standard InChI is InChI=1S/C15H15NO3S/c1-19-15-7-5-12(6-8-15)10-20-11-13-3-2-4-14(9-13)16(17)18/h2-9H,10-11H2,1H3. The zero-order valence-corrected chi connectivity index (χ0v) is 11.9. The number of hydrogen-bond donors (Lipinski definition) is 0. The number of non-ortho nitro benzene ring substituents is 1. The summed E-state index contributed by atoms with van der Waals surface area (Å²) in [6.45, 7) is 0. The average Bonchev–Trinajstić information content (AvgIpc) is 2.48. The summed E-state index contributed by atoms with van der Waals surface area (Å²) in [5.41, 5.74) is 2.33. The van der Waals surface area contributed by atoms with Crippen molar-refractivity contribution in [3.63, 3.8) is 0 Å². The Morgan fingerprint density at radius 3 is 2.45 bits per heavy atom. The molecular weight excluding hydrogens is 274 g/mol. The average molecular weight is 289 g/mol. The predicted octanol–water partition coefficient (Wildman–Crippen LogP) is 4.04. The lowest BCUT2D eigenvalue weighted by molar-refractivity contribution is -0.384. The lowest BCUT2D eigenvalue weighted by Gasteiger charge is -2.04. The van der Waals surface area contributed by atoms with Crippen molar-refractivity contribution in [2.75, 3.05) is 7.11 Å². The van der Waals surface area contributed by atoms with Crippen molar-refractivity contribution in [3.8, 4) is 5.75 Å². The van der Waals surface area contributed by atoms with Gasteiger partial charge in [0.1, 0.15) is 5.75 Å². The number of nitro groups is 1. The molecule has 0 saturated heterocycles. The van der Waals surface area contributed by atoms with Crippen LogP contribution in [0.4, 0.5) is 5.69 Å². The van der Waals surface area contributed by atoms with Crippen LogP contribution < -0.4 is 4.74 Å². The van der Waals surface area contributed by atoms with Gasteiger partial charge >= 0.3 is 0 Å². The summed E-state index contributed by atoms with van der Waals surface area (Å²) in [7, 11) is 1.64. The second-order valence-electron chi connectivity index (χ2n) is 4.27. The first-order valence-corrected chi connectivity index (χ1v) is 7.28. The van der Waals surface area contributed by atoms with E-state index in [1.165, 1.54) is 11.6 Å². The minimum atomic E-state index is -0.363. The summed E-state index contributed by atoms with van der Waals surface area (Å²) in [6.07, 6.45) is 0. The van der Waals surface area contributed by atoms with E-state index in [-0.39, 0.29) is 10.6 Å². The summed E-state index contributed by atoms with van der Waals surface area (Å²) in [6, 6.07) is 14.7. The van der Waals surface area contributed by atoms with Crippen molar-refractivity contribution in [1.29, 1.82) is 0 Å². The van der Waals surface area contributed by atoms with Gasteiger partial charge in [-0.15, -0.1) is 0 Å². The van der Waals surface area contributed by atoms with Crippen molar-refractivity contribution < 1.29 is 9.66 Å². The lowest BCUT2D eigenvalue weighted by atomic mass is 10.2. The molecule has 104 valence electrons. The van der Waals surface area contributed by atoms with Gasteiger partial charge in [0.05, 0.1) is 12.0 Å². The number of hydrogen-bond acceptors (Lipinski definition) is 4. The molecule has 0 saturated carbocycles. The van der Waals surface area contributed by atoms with E-state index in [1.54, 1.807) is 31.0 Å². The monoisotopic (exact) mass is 289 g/mol. The molecule has 2 aromatic rings. The van der Waals surface area contributed by atoms with Crippen LogP contribution in [0.2, 0.25) is 0 Å². The van der Waals surface area contributed by atoms with E-state index >= 15 is 0 Å². The van der Waals surface area contributed by atoms with Crippen molar-refractivity contribution in [2.45, 2.75) is 11.5 Å². The maximum absolute atomic E-state index is 10.7. The molecule has 0 N–H and O–H groups in total. The molecule has 0 spiro atoms. The lowest BCUT2D eigenvalue weighted by Crippen LogP contribution is -1.90. The third kappa shape index (κ3) is 3.99. The summed E-state index contributed by atoms with van der Waals surface area (Å²) >= 11 is 1.73. The van der Waals surface area contributed by atoms with Gasteiger partial charge in [0.15, 0.2) is 0 Å². The number of nitro benzene ring substituents is 1. The molecule has 0 aromatic heterocycles. The van der Waals surface area contributed by atoms with Gasteiger partial charge in [0.25, 0.3) is 5.69 Å². The van der Waals surface area contributed by atoms with Crippen LogP contribution in [-0.2, 0) is 11.5 Å². The number of ether oxygens (including phenoxy) is 1. The van der Waals surface area contributed by atoms with E-state index in [9.17, 15) is 10.1 Å². The van der Waals surface area contributed by atoms with Gasteiger partial charge in [0, 0.05) is 23.6 Å². The first kappa shape index (κ1) is 14.4. The second-order valence-corrected chi connectivity index (χ2v) is 5.25. The molecule has 0 fully saturated rings. The Bertz CT molecular complexity index is 584. The summed E-state index contributed by atoms with van der Waals surface area (Å²) in [5.74, 6) is 2.47. The van der Waals surface area contributed by atoms with Crippen LogP contribution in [0.25, 0.3) is 0 Å². The molecule has 0 aliphatic carbocycles. The van der Waals surface area contributed by atoms with Crippen LogP contribution in [0.15, 0.2) is 48.5 Å². The Labute approximate surface area is 121 Å². The molecule has 0 heterocycles. The fraction of sp³-hybridized carbons (Fsp3) is 0.200. The SMILES string of the molecule is COc1ccc(CSCc2cccc([N+](=O)[O-])c2)cc1. The molecule has 0 radical (unpaired) electrons. The Hall–Kier alpha value is -2.01. The van der Waals surface area contributed by atoms with E-state index in [2.05, 4.69) is 0 Å². The highest BCUT2D eigenvalue weighted by molar-refractivity contribution is 7.97. The van der Waals surface area contributed by atoms with E-state index < -0.39 is 0 Å². The maximum atomic E-state index is 10.7. The number of methoxy groups -OCH3 is 1. The summed E-state index contributed by atoms with van der Waals surface area (Å²) in [4.78, 5) is 10.3. The van der Waals surface area contributed by atoms with E-state index in [0.717, 1.165) is 22.8 Å². The largest absolute Gasteiger partial charge is 0.497 e. The van der Waals surface area contributed by atoms with Crippen LogP contribution >= 0.6 is 11.8 Å². The van der Waals surface area contributed by atoms with Crippen LogP contribution in [0.3, 0.4) is 0 Å². The molecule has 0 atom stereocenters. The van der Waals surface area contributed by atoms with Gasteiger partial charge in [0.2, 0.25) is 0 Å². The molecular formula is C15H15NO3S. The van der Waals surface area contributed by atoms with Crippen molar-refractivity contribution >= 4 is 17.4 Å². The fourth-order valence-electron chi connectivity index (χ4n) is 1.77. The zero-order valence-electron chi connectivity index (χ0n) is 11.1. The Kier molecular flexibility index (Phi) is 5.01. The first-order valence-electron chi connectivity index (χ1n) is 6.13. The third-order valence-corrected chi connectivity index (χ3v) is 3.89. The Morgan fingerprint density at radius 2 is 1.80 bits per heavy atom. The highest BCUT2D eigenvalue weighted by atomic mass is 32.2. The van der Waals surface area contributed by atoms with Crippen molar-refractivity contribution in [1.82, 2.24) is 0 Å². The number of thioether (sulfide) groups is 1. The van der Waals surface area contributed by atoms with Crippen LogP contribution in [0.1, 0.15) is 11.1 Å². The first-order chi connectivity index (χ1) is 9.69. The third-order valence-electron chi connectivity index (χ3n) is 2.82. The van der Waals surface area contributed by atoms with Gasteiger partial charge < -0.3 is 4.74 Å². The van der Waals surface area contributed by atoms with Gasteiger partial charge in [-0.3, -0.25) is 10.1 Å². The Balaban J connectivity index is 1.88. The highest BCUT2D eigenvalue weighted by Gasteiger charge is 2.05. The van der Waals surface area contributed by atoms with Crippen LogP contribution in [0.5, 0.6) is 5.75 Å². The van der Waals surface area contributed by atoms with E-state index in [1.807, 2.05) is 30.3 Å². The quantitative estimate of drug-likeness (QED) is 0.595. The molecule has 0 amide bonds. The van der Waals surface area contributed by atoms with Crippen LogP contribution in [-0.4, -0.2) is 12.0 Å².